The third-order valence-electron chi connectivity index (χ3n) is 13.5. The predicted octanol–water partition coefficient (Wildman–Crippen LogP) is 17.5. The molecule has 8 aromatic carbocycles. The summed E-state index contributed by atoms with van der Waals surface area (Å²) < 4.78 is 0. The van der Waals surface area contributed by atoms with Gasteiger partial charge in [-0.05, 0) is 185 Å². The number of nitrogens with zero attached hydrogens (tertiary/aromatic N) is 2. The molecule has 9 rings (SSSR count). The van der Waals surface area contributed by atoms with Gasteiger partial charge in [-0.1, -0.05) is 157 Å². The van der Waals surface area contributed by atoms with Crippen LogP contribution >= 0.6 is 0 Å². The average Bonchev–Trinajstić information content (AvgIpc) is 3.59. The average molecular weight is 849 g/mol. The molecule has 1 aliphatic carbocycles. The van der Waals surface area contributed by atoms with Crippen LogP contribution in [0.3, 0.4) is 0 Å². The maximum atomic E-state index is 2.52. The largest absolute Gasteiger partial charge is 0.310 e. The molecule has 326 valence electrons. The van der Waals surface area contributed by atoms with E-state index in [1.54, 1.807) is 0 Å². The number of aryl methyl sites for hydroxylation is 8. The normalized spacial score (nSPS) is 12.5. The van der Waals surface area contributed by atoms with Gasteiger partial charge >= 0.3 is 0 Å². The second kappa shape index (κ2) is 18.5. The first-order valence-corrected chi connectivity index (χ1v) is 23.9. The van der Waals surface area contributed by atoms with Crippen molar-refractivity contribution in [3.8, 4) is 11.1 Å². The summed E-state index contributed by atoms with van der Waals surface area (Å²) in [7, 11) is 0. The van der Waals surface area contributed by atoms with Crippen LogP contribution in [0.1, 0.15) is 106 Å². The monoisotopic (exact) mass is 849 g/mol. The Morgan fingerprint density at radius 2 is 0.631 bits per heavy atom. The molecule has 0 saturated carbocycles. The maximum Gasteiger partial charge on any atom is 0.0715 e. The molecule has 1 aliphatic rings. The lowest BCUT2D eigenvalue weighted by atomic mass is 9.66. The van der Waals surface area contributed by atoms with Crippen LogP contribution in [0, 0.1) is 41.5 Å². The molecule has 2 heteroatoms. The van der Waals surface area contributed by atoms with E-state index in [2.05, 4.69) is 235 Å². The van der Waals surface area contributed by atoms with Crippen molar-refractivity contribution in [2.75, 3.05) is 9.80 Å². The van der Waals surface area contributed by atoms with Gasteiger partial charge in [0.2, 0.25) is 0 Å². The molecule has 0 heterocycles. The molecule has 2 nitrogen and oxygen atoms in total. The predicted molar refractivity (Wildman–Crippen MR) is 279 cm³/mol. The van der Waals surface area contributed by atoms with Crippen molar-refractivity contribution in [1.29, 1.82) is 0 Å². The van der Waals surface area contributed by atoms with Gasteiger partial charge in [0, 0.05) is 34.1 Å². The minimum absolute atomic E-state index is 0.629. The van der Waals surface area contributed by atoms with Gasteiger partial charge in [-0.25, -0.2) is 0 Å². The first-order valence-electron chi connectivity index (χ1n) is 23.9. The van der Waals surface area contributed by atoms with E-state index in [9.17, 15) is 0 Å². The van der Waals surface area contributed by atoms with Crippen LogP contribution < -0.4 is 9.80 Å². The quantitative estimate of drug-likeness (QED) is 0.108. The Labute approximate surface area is 389 Å². The summed E-state index contributed by atoms with van der Waals surface area (Å²) in [6, 6.07) is 65.5. The second-order valence-corrected chi connectivity index (χ2v) is 18.8. The van der Waals surface area contributed by atoms with Crippen molar-refractivity contribution in [3.63, 3.8) is 0 Å². The van der Waals surface area contributed by atoms with E-state index in [0.29, 0.717) is 0 Å². The second-order valence-electron chi connectivity index (χ2n) is 18.8. The minimum Gasteiger partial charge on any atom is -0.310 e. The maximum absolute atomic E-state index is 2.52. The number of rotatable bonds is 14. The Balaban J connectivity index is 1.32. The standard InChI is InChI=1S/C63H64N2/c1-9-11-13-49-19-27-55(28-20-49)64(53-23-15-43(3)16-24-53)57-31-33-59-60-34-32-58(65(54-25-17-44(4)18-26-54)56-29-21-50(22-30-56)14-12-10-2)42-62(60)63(61(59)41-57,51-37-45(5)35-46(6)38-51)52-39-47(7)36-48(8)40-52/h15-42H,9-14H2,1-8H3. The van der Waals surface area contributed by atoms with E-state index in [-0.39, 0.29) is 0 Å². The van der Waals surface area contributed by atoms with Gasteiger partial charge in [0.05, 0.1) is 5.41 Å². The van der Waals surface area contributed by atoms with Crippen molar-refractivity contribution in [2.45, 2.75) is 99.3 Å². The first kappa shape index (κ1) is 43.6. The number of anilines is 6. The summed E-state index contributed by atoms with van der Waals surface area (Å²) in [4.78, 5) is 4.91. The number of hydrogen-bond donors (Lipinski definition) is 0. The Kier molecular flexibility index (Phi) is 12.4. The highest BCUT2D eigenvalue weighted by Gasteiger charge is 2.47. The van der Waals surface area contributed by atoms with Crippen LogP contribution in [0.15, 0.2) is 170 Å². The molecule has 0 radical (unpaired) electrons. The highest BCUT2D eigenvalue weighted by atomic mass is 15.1. The topological polar surface area (TPSA) is 6.48 Å². The van der Waals surface area contributed by atoms with Gasteiger partial charge in [0.1, 0.15) is 0 Å². The Morgan fingerprint density at radius 3 is 0.954 bits per heavy atom. The Morgan fingerprint density at radius 1 is 0.323 bits per heavy atom. The van der Waals surface area contributed by atoms with E-state index in [0.717, 1.165) is 47.0 Å². The minimum atomic E-state index is -0.629. The SMILES string of the molecule is CCCCc1ccc(N(c2ccc(C)cc2)c2ccc3c(c2)C(c2cc(C)cc(C)c2)(c2cc(C)cc(C)c2)c2cc(N(c4ccc(C)cc4)c4ccc(CCCC)cc4)ccc2-3)cc1. The molecular weight excluding hydrogens is 785 g/mol. The van der Waals surface area contributed by atoms with Crippen molar-refractivity contribution in [3.05, 3.63) is 237 Å². The van der Waals surface area contributed by atoms with Crippen LogP contribution in [0.25, 0.3) is 11.1 Å². The Bertz CT molecular complexity index is 2690. The molecule has 0 saturated heterocycles. The van der Waals surface area contributed by atoms with Crippen LogP contribution in [0.5, 0.6) is 0 Å². The van der Waals surface area contributed by atoms with E-state index in [1.165, 1.54) is 104 Å². The van der Waals surface area contributed by atoms with Gasteiger partial charge in [-0.15, -0.1) is 0 Å². The molecule has 0 N–H and O–H groups in total. The Hall–Kier alpha value is -6.64. The number of fused-ring (bicyclic) bond motifs is 3. The van der Waals surface area contributed by atoms with Gasteiger partial charge in [0.15, 0.2) is 0 Å². The fourth-order valence-corrected chi connectivity index (χ4v) is 10.4. The molecule has 0 atom stereocenters. The smallest absolute Gasteiger partial charge is 0.0715 e. The summed E-state index contributed by atoms with van der Waals surface area (Å²) in [6.07, 6.45) is 6.97. The van der Waals surface area contributed by atoms with Gasteiger partial charge in [-0.3, -0.25) is 0 Å². The van der Waals surface area contributed by atoms with Crippen LogP contribution in [0.4, 0.5) is 34.1 Å². The van der Waals surface area contributed by atoms with Crippen molar-refractivity contribution in [2.24, 2.45) is 0 Å². The molecule has 0 amide bonds. The van der Waals surface area contributed by atoms with E-state index in [1.807, 2.05) is 0 Å². The third kappa shape index (κ3) is 8.55. The lowest BCUT2D eigenvalue weighted by Gasteiger charge is -2.36. The summed E-state index contributed by atoms with van der Waals surface area (Å²) in [5.74, 6) is 0. The molecule has 0 bridgehead atoms. The van der Waals surface area contributed by atoms with Crippen LogP contribution in [0.2, 0.25) is 0 Å². The lowest BCUT2D eigenvalue weighted by molar-refractivity contribution is 0.763. The van der Waals surface area contributed by atoms with E-state index < -0.39 is 5.41 Å². The van der Waals surface area contributed by atoms with Crippen molar-refractivity contribution >= 4 is 34.1 Å². The van der Waals surface area contributed by atoms with Gasteiger partial charge in [0.25, 0.3) is 0 Å². The molecule has 8 aromatic rings. The molecule has 0 fully saturated rings. The number of hydrogen-bond acceptors (Lipinski definition) is 2. The van der Waals surface area contributed by atoms with Gasteiger partial charge < -0.3 is 9.80 Å². The summed E-state index contributed by atoms with van der Waals surface area (Å²) in [5, 5.41) is 0. The third-order valence-corrected chi connectivity index (χ3v) is 13.5. The molecule has 0 unspecified atom stereocenters. The fraction of sp³-hybridized carbons (Fsp3) is 0.238. The van der Waals surface area contributed by atoms with Crippen molar-refractivity contribution < 1.29 is 0 Å². The summed E-state index contributed by atoms with van der Waals surface area (Å²) in [6.45, 7) is 17.9. The first-order chi connectivity index (χ1) is 31.5. The zero-order valence-corrected chi connectivity index (χ0v) is 39.8. The fourth-order valence-electron chi connectivity index (χ4n) is 10.4. The van der Waals surface area contributed by atoms with E-state index >= 15 is 0 Å². The van der Waals surface area contributed by atoms with Gasteiger partial charge in [-0.2, -0.15) is 0 Å². The number of benzene rings is 8. The molecule has 65 heavy (non-hydrogen) atoms. The van der Waals surface area contributed by atoms with Crippen molar-refractivity contribution in [1.82, 2.24) is 0 Å². The van der Waals surface area contributed by atoms with Crippen LogP contribution in [-0.2, 0) is 18.3 Å². The molecule has 0 aliphatic heterocycles. The highest BCUT2D eigenvalue weighted by molar-refractivity contribution is 5.92. The molecular formula is C63H64N2. The highest BCUT2D eigenvalue weighted by Crippen LogP contribution is 2.59. The molecule has 0 spiro atoms. The summed E-state index contributed by atoms with van der Waals surface area (Å²) >= 11 is 0. The lowest BCUT2D eigenvalue weighted by Crippen LogP contribution is -2.29. The number of unbranched alkanes of at least 4 members (excludes halogenated alkanes) is 2. The molecule has 0 aromatic heterocycles. The van der Waals surface area contributed by atoms with Crippen LogP contribution in [-0.4, -0.2) is 0 Å². The zero-order valence-electron chi connectivity index (χ0n) is 39.8. The van der Waals surface area contributed by atoms with E-state index in [4.69, 9.17) is 0 Å². The zero-order chi connectivity index (χ0) is 45.2. The summed E-state index contributed by atoms with van der Waals surface area (Å²) in [5.41, 5.74) is 24.3.